The quantitative estimate of drug-likeness (QED) is 0.871. The minimum atomic E-state index is -0.828. The predicted octanol–water partition coefficient (Wildman–Crippen LogP) is 1.29. The molecule has 1 aliphatic rings. The van der Waals surface area contributed by atoms with Gasteiger partial charge in [0.15, 0.2) is 0 Å². The van der Waals surface area contributed by atoms with Gasteiger partial charge < -0.3 is 10.0 Å². The van der Waals surface area contributed by atoms with Gasteiger partial charge in [-0.25, -0.2) is 0 Å². The van der Waals surface area contributed by atoms with Crippen LogP contribution in [0.25, 0.3) is 0 Å². The topological polar surface area (TPSA) is 70.5 Å². The Morgan fingerprint density at radius 1 is 1.50 bits per heavy atom. The van der Waals surface area contributed by atoms with Gasteiger partial charge in [-0.05, 0) is 24.5 Å². The van der Waals surface area contributed by atoms with E-state index in [-0.39, 0.29) is 18.2 Å². The number of likely N-dealkylation sites (tertiary alicyclic amines) is 1. The van der Waals surface area contributed by atoms with Gasteiger partial charge in [-0.1, -0.05) is 6.07 Å². The van der Waals surface area contributed by atoms with Gasteiger partial charge in [0.05, 0.1) is 12.2 Å². The Morgan fingerprint density at radius 2 is 2.33 bits per heavy atom. The molecule has 2 rings (SSSR count). The van der Waals surface area contributed by atoms with E-state index < -0.39 is 5.97 Å². The van der Waals surface area contributed by atoms with Gasteiger partial charge in [-0.2, -0.15) is 0 Å². The normalized spacial score (nSPS) is 19.9. The third-order valence-corrected chi connectivity index (χ3v) is 3.17. The lowest BCUT2D eigenvalue weighted by molar-refractivity contribution is -0.140. The molecular weight excluding hydrogens is 232 g/mol. The van der Waals surface area contributed by atoms with E-state index in [1.165, 1.54) is 0 Å². The number of aromatic nitrogens is 1. The number of hydrogen-bond donors (Lipinski definition) is 1. The number of piperidine rings is 1. The van der Waals surface area contributed by atoms with Gasteiger partial charge in [0, 0.05) is 25.6 Å². The summed E-state index contributed by atoms with van der Waals surface area (Å²) in [6.07, 6.45) is 2.88. The number of carboxylic acid groups (broad SMARTS) is 1. The van der Waals surface area contributed by atoms with Crippen molar-refractivity contribution in [1.82, 2.24) is 9.88 Å². The van der Waals surface area contributed by atoms with Crippen molar-refractivity contribution in [3.05, 3.63) is 30.1 Å². The molecule has 1 aromatic rings. The van der Waals surface area contributed by atoms with E-state index in [2.05, 4.69) is 4.98 Å². The molecule has 0 bridgehead atoms. The van der Waals surface area contributed by atoms with Crippen molar-refractivity contribution in [1.29, 1.82) is 0 Å². The summed E-state index contributed by atoms with van der Waals surface area (Å²) in [4.78, 5) is 28.4. The Morgan fingerprint density at radius 3 is 2.94 bits per heavy atom. The lowest BCUT2D eigenvalue weighted by Gasteiger charge is -2.30. The molecule has 1 fully saturated rings. The molecule has 0 spiro atoms. The maximum absolute atomic E-state index is 11.9. The molecule has 2 heterocycles. The molecule has 0 aliphatic carbocycles. The molecule has 1 saturated heterocycles. The van der Waals surface area contributed by atoms with Crippen LogP contribution in [0.4, 0.5) is 0 Å². The van der Waals surface area contributed by atoms with Crippen LogP contribution in [-0.4, -0.2) is 33.4 Å². The monoisotopic (exact) mass is 248 g/mol. The van der Waals surface area contributed by atoms with Gasteiger partial charge in [0.1, 0.15) is 0 Å². The molecule has 1 amide bonds. The first kappa shape index (κ1) is 12.5. The molecule has 5 nitrogen and oxygen atoms in total. The summed E-state index contributed by atoms with van der Waals surface area (Å²) in [5.74, 6) is -0.820. The minimum absolute atomic E-state index is 0.0185. The van der Waals surface area contributed by atoms with Crippen LogP contribution in [-0.2, 0) is 16.1 Å². The van der Waals surface area contributed by atoms with Crippen LogP contribution in [0.1, 0.15) is 25.0 Å². The number of carbonyl (C=O) groups is 2. The molecule has 0 saturated carbocycles. The summed E-state index contributed by atoms with van der Waals surface area (Å²) in [7, 11) is 0. The van der Waals surface area contributed by atoms with E-state index in [1.54, 1.807) is 11.1 Å². The van der Waals surface area contributed by atoms with E-state index in [9.17, 15) is 9.59 Å². The van der Waals surface area contributed by atoms with Gasteiger partial charge in [-0.3, -0.25) is 14.6 Å². The first-order valence-electron chi connectivity index (χ1n) is 6.04. The van der Waals surface area contributed by atoms with Crippen LogP contribution < -0.4 is 0 Å². The Bertz CT molecular complexity index is 433. The Labute approximate surface area is 105 Å². The molecule has 96 valence electrons. The highest BCUT2D eigenvalue weighted by atomic mass is 16.4. The molecule has 1 N–H and O–H groups in total. The smallest absolute Gasteiger partial charge is 0.303 e. The van der Waals surface area contributed by atoms with Crippen molar-refractivity contribution in [2.75, 3.05) is 6.54 Å². The van der Waals surface area contributed by atoms with Crippen LogP contribution in [0, 0.1) is 5.92 Å². The number of carbonyl (C=O) groups excluding carboxylic acids is 1. The standard InChI is InChI=1S/C13H16N2O3/c16-12-7-10(8-13(17)18)4-6-15(12)9-11-3-1-2-5-14-11/h1-3,5,10H,4,6-9H2,(H,17,18). The highest BCUT2D eigenvalue weighted by Gasteiger charge is 2.27. The number of hydrogen-bond acceptors (Lipinski definition) is 3. The van der Waals surface area contributed by atoms with E-state index in [1.807, 2.05) is 18.2 Å². The predicted molar refractivity (Wildman–Crippen MR) is 64.6 cm³/mol. The molecule has 5 heteroatoms. The summed E-state index contributed by atoms with van der Waals surface area (Å²) in [6.45, 7) is 1.13. The largest absolute Gasteiger partial charge is 0.481 e. The zero-order valence-corrected chi connectivity index (χ0v) is 10.1. The molecule has 1 atom stereocenters. The number of nitrogens with zero attached hydrogens (tertiary/aromatic N) is 2. The average molecular weight is 248 g/mol. The number of pyridine rings is 1. The van der Waals surface area contributed by atoms with Crippen LogP contribution in [0.5, 0.6) is 0 Å². The van der Waals surface area contributed by atoms with Gasteiger partial charge in [0.25, 0.3) is 0 Å². The number of rotatable bonds is 4. The molecule has 1 aliphatic heterocycles. The van der Waals surface area contributed by atoms with Crippen LogP contribution in [0.15, 0.2) is 24.4 Å². The first-order valence-corrected chi connectivity index (χ1v) is 6.04. The van der Waals surface area contributed by atoms with E-state index in [0.717, 1.165) is 12.1 Å². The lowest BCUT2D eigenvalue weighted by atomic mass is 9.93. The Kier molecular flexibility index (Phi) is 3.92. The summed E-state index contributed by atoms with van der Waals surface area (Å²) in [5, 5.41) is 8.72. The third kappa shape index (κ3) is 3.29. The SMILES string of the molecule is O=C(O)CC1CCN(Cc2ccccn2)C(=O)C1. The summed E-state index contributed by atoms with van der Waals surface area (Å²) >= 11 is 0. The van der Waals surface area contributed by atoms with Gasteiger partial charge in [-0.15, -0.1) is 0 Å². The summed E-state index contributed by atoms with van der Waals surface area (Å²) < 4.78 is 0. The molecule has 18 heavy (non-hydrogen) atoms. The number of carboxylic acids is 1. The second-order valence-corrected chi connectivity index (χ2v) is 4.59. The maximum atomic E-state index is 11.9. The highest BCUT2D eigenvalue weighted by molar-refractivity contribution is 5.78. The summed E-state index contributed by atoms with van der Waals surface area (Å²) in [5.41, 5.74) is 0.863. The van der Waals surface area contributed by atoms with Gasteiger partial charge >= 0.3 is 5.97 Å². The second kappa shape index (κ2) is 5.62. The zero-order valence-electron chi connectivity index (χ0n) is 10.1. The van der Waals surface area contributed by atoms with Crippen molar-refractivity contribution < 1.29 is 14.7 Å². The van der Waals surface area contributed by atoms with E-state index in [4.69, 9.17) is 5.11 Å². The molecular formula is C13H16N2O3. The molecule has 0 radical (unpaired) electrons. The Hall–Kier alpha value is -1.91. The van der Waals surface area contributed by atoms with Crippen molar-refractivity contribution in [2.24, 2.45) is 5.92 Å². The fraction of sp³-hybridized carbons (Fsp3) is 0.462. The maximum Gasteiger partial charge on any atom is 0.303 e. The van der Waals surface area contributed by atoms with E-state index >= 15 is 0 Å². The highest BCUT2D eigenvalue weighted by Crippen LogP contribution is 2.22. The molecule has 0 aromatic carbocycles. The third-order valence-electron chi connectivity index (χ3n) is 3.17. The molecule has 1 aromatic heterocycles. The van der Waals surface area contributed by atoms with Crippen molar-refractivity contribution in [2.45, 2.75) is 25.8 Å². The fourth-order valence-electron chi connectivity index (χ4n) is 2.22. The summed E-state index contributed by atoms with van der Waals surface area (Å²) in [6, 6.07) is 5.62. The Balaban J connectivity index is 1.90. The first-order chi connectivity index (χ1) is 8.65. The number of amides is 1. The fourth-order valence-corrected chi connectivity index (χ4v) is 2.22. The molecule has 1 unspecified atom stereocenters. The number of aliphatic carboxylic acids is 1. The van der Waals surface area contributed by atoms with Crippen LogP contribution >= 0.6 is 0 Å². The van der Waals surface area contributed by atoms with Crippen LogP contribution in [0.3, 0.4) is 0 Å². The van der Waals surface area contributed by atoms with Gasteiger partial charge in [0.2, 0.25) is 5.91 Å². The lowest BCUT2D eigenvalue weighted by Crippen LogP contribution is -2.38. The second-order valence-electron chi connectivity index (χ2n) is 4.59. The van der Waals surface area contributed by atoms with E-state index in [0.29, 0.717) is 19.5 Å². The minimum Gasteiger partial charge on any atom is -0.481 e. The van der Waals surface area contributed by atoms with Crippen LogP contribution in [0.2, 0.25) is 0 Å². The van der Waals surface area contributed by atoms with Crippen molar-refractivity contribution >= 4 is 11.9 Å². The average Bonchev–Trinajstić information content (AvgIpc) is 2.33. The van der Waals surface area contributed by atoms with Crippen molar-refractivity contribution in [3.63, 3.8) is 0 Å². The van der Waals surface area contributed by atoms with Crippen molar-refractivity contribution in [3.8, 4) is 0 Å². The zero-order chi connectivity index (χ0) is 13.0.